The second-order valence-corrected chi connectivity index (χ2v) is 4.24. The number of nitrogens with zero attached hydrogens (tertiary/aromatic N) is 1. The third kappa shape index (κ3) is 1.29. The summed E-state index contributed by atoms with van der Waals surface area (Å²) in [6.45, 7) is 1.94. The van der Waals surface area contributed by atoms with Crippen LogP contribution in [0.4, 0.5) is 0 Å². The minimum atomic E-state index is -0.0726. The molecule has 0 fully saturated rings. The van der Waals surface area contributed by atoms with Gasteiger partial charge in [0.1, 0.15) is 0 Å². The zero-order chi connectivity index (χ0) is 9.59. The van der Waals surface area contributed by atoms with Crippen LogP contribution >= 0.6 is 22.6 Å². The highest BCUT2D eigenvalue weighted by Gasteiger charge is 2.09. The summed E-state index contributed by atoms with van der Waals surface area (Å²) in [6.07, 6.45) is 0. The minimum Gasteiger partial charge on any atom is -0.376 e. The quantitative estimate of drug-likeness (QED) is 0.696. The molecule has 13 heavy (non-hydrogen) atoms. The summed E-state index contributed by atoms with van der Waals surface area (Å²) in [4.78, 5) is 11.5. The number of aryl methyl sites for hydroxylation is 2. The van der Waals surface area contributed by atoms with Crippen molar-refractivity contribution in [2.45, 2.75) is 6.92 Å². The predicted molar refractivity (Wildman–Crippen MR) is 58.9 cm³/mol. The van der Waals surface area contributed by atoms with Crippen molar-refractivity contribution in [2.75, 3.05) is 0 Å². The van der Waals surface area contributed by atoms with Crippen LogP contribution in [0.5, 0.6) is 0 Å². The number of hydrogen-bond donors (Lipinski definition) is 0. The Morgan fingerprint density at radius 1 is 1.46 bits per heavy atom. The van der Waals surface area contributed by atoms with Crippen LogP contribution in [0.25, 0.3) is 11.0 Å². The lowest BCUT2D eigenvalue weighted by molar-refractivity contribution is 0.323. The Kier molecular flexibility index (Phi) is 1.94. The van der Waals surface area contributed by atoms with Gasteiger partial charge in [-0.25, -0.2) is 0 Å². The van der Waals surface area contributed by atoms with E-state index in [1.165, 1.54) is 4.74 Å². The van der Waals surface area contributed by atoms with Crippen LogP contribution in [-0.2, 0) is 7.05 Å². The molecule has 0 unspecified atom stereocenters. The highest BCUT2D eigenvalue weighted by Crippen LogP contribution is 2.19. The lowest BCUT2D eigenvalue weighted by atomic mass is 10.2. The summed E-state index contributed by atoms with van der Waals surface area (Å²) in [7, 11) is 1.62. The Bertz CT molecular complexity index is 524. The van der Waals surface area contributed by atoms with Crippen molar-refractivity contribution in [2.24, 2.45) is 7.05 Å². The van der Waals surface area contributed by atoms with E-state index in [0.29, 0.717) is 11.0 Å². The van der Waals surface area contributed by atoms with Crippen LogP contribution in [-0.4, -0.2) is 4.74 Å². The van der Waals surface area contributed by atoms with Gasteiger partial charge in [-0.15, -0.1) is 0 Å². The Hall–Kier alpha value is -0.780. The molecule has 2 rings (SSSR count). The summed E-state index contributed by atoms with van der Waals surface area (Å²) in [5.74, 6) is 0. The maximum atomic E-state index is 11.5. The third-order valence-corrected chi connectivity index (χ3v) is 2.61. The number of rotatable bonds is 0. The fourth-order valence-corrected chi connectivity index (χ4v) is 2.14. The van der Waals surface area contributed by atoms with Gasteiger partial charge in [-0.05, 0) is 47.2 Å². The van der Waals surface area contributed by atoms with E-state index >= 15 is 0 Å². The molecule has 0 spiro atoms. The maximum Gasteiger partial charge on any atom is 0.290 e. The van der Waals surface area contributed by atoms with Crippen LogP contribution in [0.2, 0.25) is 0 Å². The van der Waals surface area contributed by atoms with Crippen LogP contribution in [0.1, 0.15) is 5.56 Å². The van der Waals surface area contributed by atoms with Crippen molar-refractivity contribution < 1.29 is 4.52 Å². The summed E-state index contributed by atoms with van der Waals surface area (Å²) in [5.41, 5.74) is 1.61. The molecule has 0 atom stereocenters. The van der Waals surface area contributed by atoms with Gasteiger partial charge in [-0.3, -0.25) is 4.79 Å². The van der Waals surface area contributed by atoms with Crippen LogP contribution < -0.4 is 5.56 Å². The van der Waals surface area contributed by atoms with Gasteiger partial charge in [0.25, 0.3) is 5.56 Å². The molecule has 0 aliphatic rings. The van der Waals surface area contributed by atoms with Gasteiger partial charge in [0.2, 0.25) is 0 Å². The average molecular weight is 289 g/mol. The normalized spacial score (nSPS) is 11.0. The largest absolute Gasteiger partial charge is 0.376 e. The molecule has 1 aromatic carbocycles. The molecule has 0 saturated carbocycles. The summed E-state index contributed by atoms with van der Waals surface area (Å²) in [6, 6.07) is 3.83. The maximum absolute atomic E-state index is 11.5. The summed E-state index contributed by atoms with van der Waals surface area (Å²) >= 11 is 2.19. The van der Waals surface area contributed by atoms with E-state index in [9.17, 15) is 4.79 Å². The molecule has 0 N–H and O–H groups in total. The van der Waals surface area contributed by atoms with Crippen molar-refractivity contribution >= 4 is 33.6 Å². The van der Waals surface area contributed by atoms with Gasteiger partial charge in [0.05, 0.1) is 5.39 Å². The number of fused-ring (bicyclic) bond motifs is 1. The topological polar surface area (TPSA) is 35.1 Å². The highest BCUT2D eigenvalue weighted by molar-refractivity contribution is 14.1. The first-order valence-corrected chi connectivity index (χ1v) is 4.93. The van der Waals surface area contributed by atoms with Crippen molar-refractivity contribution in [3.8, 4) is 0 Å². The molecular weight excluding hydrogens is 281 g/mol. The lowest BCUT2D eigenvalue weighted by Crippen LogP contribution is -2.08. The van der Waals surface area contributed by atoms with Crippen molar-refractivity contribution in [3.63, 3.8) is 0 Å². The van der Waals surface area contributed by atoms with E-state index in [-0.39, 0.29) is 5.56 Å². The average Bonchev–Trinajstić information content (AvgIpc) is 2.32. The number of aromatic nitrogens is 1. The smallest absolute Gasteiger partial charge is 0.290 e. The van der Waals surface area contributed by atoms with Crippen molar-refractivity contribution in [1.29, 1.82) is 0 Å². The lowest BCUT2D eigenvalue weighted by Gasteiger charge is -1.93. The number of hydrogen-bond acceptors (Lipinski definition) is 2. The SMILES string of the molecule is Cc1cc(I)cc2c(=O)n(C)oc12. The van der Waals surface area contributed by atoms with Crippen LogP contribution in [0.3, 0.4) is 0 Å². The first kappa shape index (κ1) is 8.80. The molecule has 1 aromatic heterocycles. The molecule has 0 aliphatic carbocycles. The predicted octanol–water partition coefficient (Wildman–Crippen LogP) is 2.04. The summed E-state index contributed by atoms with van der Waals surface area (Å²) in [5, 5.41) is 0.659. The van der Waals surface area contributed by atoms with Crippen molar-refractivity contribution in [3.05, 3.63) is 31.6 Å². The number of halogens is 1. The minimum absolute atomic E-state index is 0.0726. The second-order valence-electron chi connectivity index (χ2n) is 2.99. The van der Waals surface area contributed by atoms with E-state index < -0.39 is 0 Å². The van der Waals surface area contributed by atoms with Gasteiger partial charge in [0, 0.05) is 10.6 Å². The molecule has 0 saturated heterocycles. The molecule has 3 nitrogen and oxygen atoms in total. The molecule has 0 amide bonds. The van der Waals surface area contributed by atoms with Crippen molar-refractivity contribution in [1.82, 2.24) is 4.74 Å². The van der Waals surface area contributed by atoms with E-state index in [4.69, 9.17) is 4.52 Å². The summed E-state index contributed by atoms with van der Waals surface area (Å²) < 4.78 is 7.60. The van der Waals surface area contributed by atoms with Gasteiger partial charge < -0.3 is 4.52 Å². The molecule has 0 bridgehead atoms. The second kappa shape index (κ2) is 2.87. The monoisotopic (exact) mass is 289 g/mol. The zero-order valence-electron chi connectivity index (χ0n) is 7.30. The first-order chi connectivity index (χ1) is 6.09. The van der Waals surface area contributed by atoms with Gasteiger partial charge in [-0.1, -0.05) is 0 Å². The van der Waals surface area contributed by atoms with E-state index in [2.05, 4.69) is 22.6 Å². The Morgan fingerprint density at radius 2 is 2.15 bits per heavy atom. The molecule has 2 aromatic rings. The fourth-order valence-electron chi connectivity index (χ4n) is 1.36. The zero-order valence-corrected chi connectivity index (χ0v) is 9.45. The van der Waals surface area contributed by atoms with Gasteiger partial charge in [0.15, 0.2) is 5.58 Å². The molecule has 1 heterocycles. The van der Waals surface area contributed by atoms with Gasteiger partial charge >= 0.3 is 0 Å². The van der Waals surface area contributed by atoms with E-state index in [1.54, 1.807) is 7.05 Å². The third-order valence-electron chi connectivity index (χ3n) is 1.98. The standard InChI is InChI=1S/C9H8INO2/c1-5-3-6(10)4-7-8(5)13-11(2)9(7)12/h3-4H,1-2H3. The van der Waals surface area contributed by atoms with E-state index in [0.717, 1.165) is 9.13 Å². The Morgan fingerprint density at radius 3 is 2.85 bits per heavy atom. The molecular formula is C9H8INO2. The molecule has 0 radical (unpaired) electrons. The highest BCUT2D eigenvalue weighted by atomic mass is 127. The van der Waals surface area contributed by atoms with Crippen LogP contribution in [0.15, 0.2) is 21.5 Å². The van der Waals surface area contributed by atoms with E-state index in [1.807, 2.05) is 19.1 Å². The molecule has 0 aliphatic heterocycles. The first-order valence-electron chi connectivity index (χ1n) is 3.86. The Labute approximate surface area is 88.4 Å². The molecule has 68 valence electrons. The van der Waals surface area contributed by atoms with Gasteiger partial charge in [-0.2, -0.15) is 4.74 Å². The Balaban J connectivity index is 3.03. The fraction of sp³-hybridized carbons (Fsp3) is 0.222. The molecule has 4 heteroatoms. The number of benzene rings is 1. The van der Waals surface area contributed by atoms with Crippen LogP contribution in [0, 0.1) is 10.5 Å².